The van der Waals surface area contributed by atoms with E-state index in [9.17, 15) is 13.2 Å². The van der Waals surface area contributed by atoms with Crippen molar-refractivity contribution in [3.8, 4) is 11.4 Å². The van der Waals surface area contributed by atoms with Gasteiger partial charge in [0.25, 0.3) is 15.9 Å². The number of amides is 1. The predicted molar refractivity (Wildman–Crippen MR) is 106 cm³/mol. The molecule has 4 rings (SSSR count). The van der Waals surface area contributed by atoms with E-state index in [1.54, 1.807) is 25.3 Å². The van der Waals surface area contributed by atoms with Crippen LogP contribution in [0.25, 0.3) is 5.69 Å². The second kappa shape index (κ2) is 6.89. The molecule has 1 aliphatic rings. The molecule has 0 saturated heterocycles. The van der Waals surface area contributed by atoms with Crippen LogP contribution < -0.4 is 14.8 Å². The molecule has 0 radical (unpaired) electrons. The van der Waals surface area contributed by atoms with E-state index in [1.165, 1.54) is 10.7 Å². The lowest BCUT2D eigenvalue weighted by Crippen LogP contribution is -2.28. The van der Waals surface area contributed by atoms with Gasteiger partial charge in [-0.1, -0.05) is 29.8 Å². The highest BCUT2D eigenvalue weighted by atomic mass is 32.2. The minimum Gasteiger partial charge on any atom is -0.496 e. The summed E-state index contributed by atoms with van der Waals surface area (Å²) in [5.41, 5.74) is 2.18. The lowest BCUT2D eigenvalue weighted by atomic mass is 10.0. The molecule has 3 aromatic rings. The van der Waals surface area contributed by atoms with Gasteiger partial charge in [-0.2, -0.15) is 9.67 Å². The van der Waals surface area contributed by atoms with Crippen LogP contribution in [0.5, 0.6) is 5.75 Å². The Balaban J connectivity index is 1.65. The molecule has 9 nitrogen and oxygen atoms in total. The molecule has 0 spiro atoms. The van der Waals surface area contributed by atoms with Crippen molar-refractivity contribution in [3.05, 3.63) is 59.4 Å². The molecular formula is C19H19N5O4S. The van der Waals surface area contributed by atoms with E-state index < -0.39 is 15.9 Å². The van der Waals surface area contributed by atoms with Gasteiger partial charge in [0, 0.05) is 5.56 Å². The molecule has 150 valence electrons. The molecule has 2 aromatic carbocycles. The molecule has 0 fully saturated rings. The number of sulfonamides is 1. The van der Waals surface area contributed by atoms with Gasteiger partial charge in [-0.15, -0.1) is 5.10 Å². The van der Waals surface area contributed by atoms with Crippen LogP contribution in [-0.4, -0.2) is 36.2 Å². The van der Waals surface area contributed by atoms with E-state index in [1.807, 2.05) is 32.0 Å². The fraction of sp³-hybridized carbons (Fsp3) is 0.211. The fourth-order valence-electron chi connectivity index (χ4n) is 3.21. The first-order valence-electron chi connectivity index (χ1n) is 8.85. The number of fused-ring (bicyclic) bond motifs is 3. The molecule has 1 aromatic heterocycles. The number of carbonyl (C=O) groups excluding carboxylic acids is 1. The van der Waals surface area contributed by atoms with E-state index >= 15 is 0 Å². The van der Waals surface area contributed by atoms with Crippen molar-refractivity contribution in [3.63, 3.8) is 0 Å². The molecule has 1 amide bonds. The molecule has 0 aliphatic carbocycles. The maximum atomic E-state index is 12.7. The van der Waals surface area contributed by atoms with Gasteiger partial charge in [-0.05, 0) is 32.0 Å². The third-order valence-electron chi connectivity index (χ3n) is 4.62. The minimum atomic E-state index is -3.77. The Kier molecular flexibility index (Phi) is 4.50. The highest BCUT2D eigenvalue weighted by molar-refractivity contribution is 7.92. The number of nitrogens with zero attached hydrogens (tertiary/aromatic N) is 3. The van der Waals surface area contributed by atoms with Crippen molar-refractivity contribution in [1.29, 1.82) is 0 Å². The van der Waals surface area contributed by atoms with E-state index in [2.05, 4.69) is 20.1 Å². The Morgan fingerprint density at radius 1 is 1.24 bits per heavy atom. The minimum absolute atomic E-state index is 0.0327. The van der Waals surface area contributed by atoms with Crippen LogP contribution in [0.4, 0.5) is 5.95 Å². The molecule has 1 atom stereocenters. The van der Waals surface area contributed by atoms with Gasteiger partial charge >= 0.3 is 0 Å². The summed E-state index contributed by atoms with van der Waals surface area (Å²) < 4.78 is 33.8. The van der Waals surface area contributed by atoms with Crippen LogP contribution in [0, 0.1) is 6.92 Å². The summed E-state index contributed by atoms with van der Waals surface area (Å²) in [5.74, 6) is -0.0469. The summed E-state index contributed by atoms with van der Waals surface area (Å²) >= 11 is 0. The Morgan fingerprint density at radius 3 is 2.76 bits per heavy atom. The normalized spacial score (nSPS) is 14.9. The van der Waals surface area contributed by atoms with Gasteiger partial charge in [-0.3, -0.25) is 4.79 Å². The van der Waals surface area contributed by atoms with Gasteiger partial charge in [0.1, 0.15) is 10.6 Å². The largest absolute Gasteiger partial charge is 0.496 e. The van der Waals surface area contributed by atoms with Crippen molar-refractivity contribution in [1.82, 2.24) is 20.1 Å². The number of ether oxygens (including phenoxy) is 1. The quantitative estimate of drug-likeness (QED) is 0.677. The van der Waals surface area contributed by atoms with Crippen molar-refractivity contribution < 1.29 is 17.9 Å². The monoisotopic (exact) mass is 413 g/mol. The number of rotatable bonds is 4. The van der Waals surface area contributed by atoms with E-state index in [4.69, 9.17) is 4.74 Å². The summed E-state index contributed by atoms with van der Waals surface area (Å²) in [5, 5.41) is 7.03. The van der Waals surface area contributed by atoms with Gasteiger partial charge in [0.15, 0.2) is 0 Å². The smallest absolute Gasteiger partial charge is 0.291 e. The zero-order valence-electron chi connectivity index (χ0n) is 16.0. The van der Waals surface area contributed by atoms with E-state index in [0.29, 0.717) is 11.4 Å². The number of hydrogen-bond acceptors (Lipinski definition) is 6. The van der Waals surface area contributed by atoms with Crippen LogP contribution in [0.1, 0.15) is 34.7 Å². The number of benzene rings is 2. The number of para-hydroxylation sites is 1. The molecule has 1 aliphatic heterocycles. The second-order valence-electron chi connectivity index (χ2n) is 6.68. The van der Waals surface area contributed by atoms with Crippen molar-refractivity contribution >= 4 is 21.9 Å². The molecule has 2 heterocycles. The third-order valence-corrected chi connectivity index (χ3v) is 5.99. The zero-order chi connectivity index (χ0) is 20.8. The SMILES string of the molecule is COc1ccc(C)cc1[C@@H](C)NC(=O)c1nc2n(n1)-c1ccccc1S(=O)(=O)N2. The van der Waals surface area contributed by atoms with Crippen molar-refractivity contribution in [2.75, 3.05) is 11.8 Å². The van der Waals surface area contributed by atoms with Crippen LogP contribution in [0.3, 0.4) is 0 Å². The van der Waals surface area contributed by atoms with E-state index in [-0.39, 0.29) is 22.7 Å². The van der Waals surface area contributed by atoms with Gasteiger partial charge < -0.3 is 10.1 Å². The summed E-state index contributed by atoms with van der Waals surface area (Å²) in [4.78, 5) is 16.9. The third kappa shape index (κ3) is 3.31. The second-order valence-corrected chi connectivity index (χ2v) is 8.34. The van der Waals surface area contributed by atoms with Crippen LogP contribution >= 0.6 is 0 Å². The molecule has 2 N–H and O–H groups in total. The number of anilines is 1. The average molecular weight is 413 g/mol. The summed E-state index contributed by atoms with van der Waals surface area (Å²) in [7, 11) is -2.20. The van der Waals surface area contributed by atoms with Crippen LogP contribution in [0.2, 0.25) is 0 Å². The van der Waals surface area contributed by atoms with Crippen LogP contribution in [-0.2, 0) is 10.0 Å². The molecule has 0 bridgehead atoms. The highest BCUT2D eigenvalue weighted by Gasteiger charge is 2.31. The lowest BCUT2D eigenvalue weighted by Gasteiger charge is -2.17. The summed E-state index contributed by atoms with van der Waals surface area (Å²) in [6, 6.07) is 11.7. The predicted octanol–water partition coefficient (Wildman–Crippen LogP) is 2.19. The maximum Gasteiger partial charge on any atom is 0.291 e. The van der Waals surface area contributed by atoms with E-state index in [0.717, 1.165) is 11.1 Å². The summed E-state index contributed by atoms with van der Waals surface area (Å²) in [6.07, 6.45) is 0. The van der Waals surface area contributed by atoms with Crippen molar-refractivity contribution in [2.45, 2.75) is 24.8 Å². The van der Waals surface area contributed by atoms with Gasteiger partial charge in [-0.25, -0.2) is 13.1 Å². The molecule has 0 saturated carbocycles. The Labute approximate surface area is 167 Å². The first-order chi connectivity index (χ1) is 13.8. The molecule has 0 unspecified atom stereocenters. The maximum absolute atomic E-state index is 12.7. The van der Waals surface area contributed by atoms with Crippen molar-refractivity contribution in [2.24, 2.45) is 0 Å². The number of aryl methyl sites for hydroxylation is 1. The Bertz CT molecular complexity index is 1220. The topological polar surface area (TPSA) is 115 Å². The number of aromatic nitrogens is 3. The standard InChI is InChI=1S/C19H19N5O4S/c1-11-8-9-15(28-3)13(10-11)12(2)20-18(25)17-21-19-23-29(26,27)16-7-5-4-6-14(16)24(19)22-17/h4-10,12H,1-3H3,(H,20,25)(H,21,22,23)/t12-/m1/s1. The number of carbonyl (C=O) groups is 1. The number of methoxy groups -OCH3 is 1. The average Bonchev–Trinajstić information content (AvgIpc) is 3.11. The highest BCUT2D eigenvalue weighted by Crippen LogP contribution is 2.29. The van der Waals surface area contributed by atoms with Gasteiger partial charge in [0.05, 0.1) is 18.8 Å². The first kappa shape index (κ1) is 18.9. The Morgan fingerprint density at radius 2 is 2.00 bits per heavy atom. The Hall–Kier alpha value is -3.40. The summed E-state index contributed by atoms with van der Waals surface area (Å²) in [6.45, 7) is 3.77. The first-order valence-corrected chi connectivity index (χ1v) is 10.3. The van der Waals surface area contributed by atoms with Gasteiger partial charge in [0.2, 0.25) is 11.8 Å². The lowest BCUT2D eigenvalue weighted by molar-refractivity contribution is 0.0929. The number of nitrogens with one attached hydrogen (secondary N) is 2. The molecule has 10 heteroatoms. The fourth-order valence-corrected chi connectivity index (χ4v) is 4.38. The van der Waals surface area contributed by atoms with Crippen LogP contribution in [0.15, 0.2) is 47.4 Å². The number of hydrogen-bond donors (Lipinski definition) is 2. The molecule has 29 heavy (non-hydrogen) atoms. The zero-order valence-corrected chi connectivity index (χ0v) is 16.8. The molecular weight excluding hydrogens is 394 g/mol.